The molecule has 23 heavy (non-hydrogen) atoms. The average Bonchev–Trinajstić information content (AvgIpc) is 2.80. The van der Waals surface area contributed by atoms with Crippen LogP contribution >= 0.6 is 0 Å². The summed E-state index contributed by atoms with van der Waals surface area (Å²) in [4.78, 5) is 2.69. The standard InChI is InChI=1S/C20H32N2O/c1-15-11-16(23-5)12-18-17(15)13-22(14-21-19(2,3)4)20(18)9-7-6-8-10-20/h11-12,21H,6-10,13-14H2,1-5H3. The fraction of sp³-hybridized carbons (Fsp3) is 0.700. The molecule has 1 fully saturated rings. The van der Waals surface area contributed by atoms with E-state index in [0.717, 1.165) is 19.0 Å². The molecule has 1 aliphatic heterocycles. The van der Waals surface area contributed by atoms with Crippen LogP contribution in [-0.4, -0.2) is 24.2 Å². The highest BCUT2D eigenvalue weighted by Gasteiger charge is 2.46. The lowest BCUT2D eigenvalue weighted by Crippen LogP contribution is -2.50. The quantitative estimate of drug-likeness (QED) is 0.898. The molecule has 128 valence electrons. The van der Waals surface area contributed by atoms with Crippen LogP contribution in [0.3, 0.4) is 0 Å². The van der Waals surface area contributed by atoms with E-state index in [1.165, 1.54) is 48.8 Å². The minimum absolute atomic E-state index is 0.150. The molecule has 1 aliphatic carbocycles. The second-order valence-corrected chi connectivity index (χ2v) is 8.35. The highest BCUT2D eigenvalue weighted by Crippen LogP contribution is 2.50. The third-order valence-corrected chi connectivity index (χ3v) is 5.62. The van der Waals surface area contributed by atoms with E-state index >= 15 is 0 Å². The van der Waals surface area contributed by atoms with Crippen molar-refractivity contribution in [3.8, 4) is 5.75 Å². The van der Waals surface area contributed by atoms with Crippen molar-refractivity contribution in [3.63, 3.8) is 0 Å². The third kappa shape index (κ3) is 3.14. The smallest absolute Gasteiger partial charge is 0.119 e. The predicted octanol–water partition coefficient (Wildman–Crippen LogP) is 4.32. The van der Waals surface area contributed by atoms with Gasteiger partial charge in [-0.2, -0.15) is 0 Å². The van der Waals surface area contributed by atoms with Crippen molar-refractivity contribution in [2.24, 2.45) is 0 Å². The molecule has 0 amide bonds. The Balaban J connectivity index is 1.98. The van der Waals surface area contributed by atoms with Gasteiger partial charge >= 0.3 is 0 Å². The minimum atomic E-state index is 0.150. The van der Waals surface area contributed by atoms with Crippen LogP contribution in [0.5, 0.6) is 5.75 Å². The minimum Gasteiger partial charge on any atom is -0.497 e. The van der Waals surface area contributed by atoms with Crippen LogP contribution in [0.4, 0.5) is 0 Å². The Morgan fingerprint density at radius 3 is 2.48 bits per heavy atom. The van der Waals surface area contributed by atoms with E-state index < -0.39 is 0 Å². The van der Waals surface area contributed by atoms with Gasteiger partial charge in [0.1, 0.15) is 5.75 Å². The van der Waals surface area contributed by atoms with Crippen LogP contribution in [0.1, 0.15) is 69.6 Å². The van der Waals surface area contributed by atoms with E-state index in [2.05, 4.69) is 50.0 Å². The van der Waals surface area contributed by atoms with Gasteiger partial charge < -0.3 is 4.74 Å². The maximum Gasteiger partial charge on any atom is 0.119 e. The molecular weight excluding hydrogens is 284 g/mol. The van der Waals surface area contributed by atoms with Crippen LogP contribution in [0.2, 0.25) is 0 Å². The predicted molar refractivity (Wildman–Crippen MR) is 95.8 cm³/mol. The summed E-state index contributed by atoms with van der Waals surface area (Å²) in [6, 6.07) is 4.50. The molecule has 3 nitrogen and oxygen atoms in total. The largest absolute Gasteiger partial charge is 0.497 e. The number of nitrogens with zero attached hydrogens (tertiary/aromatic N) is 1. The van der Waals surface area contributed by atoms with Gasteiger partial charge in [-0.1, -0.05) is 19.3 Å². The summed E-state index contributed by atoms with van der Waals surface area (Å²) in [5, 5.41) is 3.71. The Morgan fingerprint density at radius 2 is 1.87 bits per heavy atom. The van der Waals surface area contributed by atoms with Gasteiger partial charge in [-0.05, 0) is 69.4 Å². The van der Waals surface area contributed by atoms with E-state index in [4.69, 9.17) is 4.74 Å². The Bertz CT molecular complexity index is 568. The molecule has 1 aromatic carbocycles. The highest BCUT2D eigenvalue weighted by molar-refractivity contribution is 5.48. The number of benzene rings is 1. The molecule has 1 N–H and O–H groups in total. The van der Waals surface area contributed by atoms with E-state index in [1.807, 2.05) is 0 Å². The molecule has 3 heteroatoms. The molecule has 0 saturated heterocycles. The number of aryl methyl sites for hydroxylation is 1. The number of fused-ring (bicyclic) bond motifs is 2. The van der Waals surface area contributed by atoms with Gasteiger partial charge in [0.05, 0.1) is 7.11 Å². The van der Waals surface area contributed by atoms with Crippen molar-refractivity contribution in [1.29, 1.82) is 0 Å². The average molecular weight is 316 g/mol. The van der Waals surface area contributed by atoms with Crippen LogP contribution in [0.15, 0.2) is 12.1 Å². The van der Waals surface area contributed by atoms with Gasteiger partial charge in [0.15, 0.2) is 0 Å². The molecule has 1 aromatic rings. The van der Waals surface area contributed by atoms with Crippen molar-refractivity contribution >= 4 is 0 Å². The summed E-state index contributed by atoms with van der Waals surface area (Å²) >= 11 is 0. The second-order valence-electron chi connectivity index (χ2n) is 8.35. The fourth-order valence-electron chi connectivity index (χ4n) is 4.30. The molecule has 0 atom stereocenters. The van der Waals surface area contributed by atoms with Crippen LogP contribution in [-0.2, 0) is 12.1 Å². The first-order valence-electron chi connectivity index (χ1n) is 9.04. The number of methoxy groups -OCH3 is 1. The first-order valence-corrected chi connectivity index (χ1v) is 9.04. The molecule has 1 spiro atoms. The Hall–Kier alpha value is -1.06. The lowest BCUT2D eigenvalue weighted by atomic mass is 9.76. The van der Waals surface area contributed by atoms with Crippen LogP contribution in [0.25, 0.3) is 0 Å². The molecule has 0 aromatic heterocycles. The van der Waals surface area contributed by atoms with Gasteiger partial charge in [-0.3, -0.25) is 10.2 Å². The van der Waals surface area contributed by atoms with Crippen LogP contribution in [0, 0.1) is 6.92 Å². The van der Waals surface area contributed by atoms with Crippen molar-refractivity contribution in [2.45, 2.75) is 77.4 Å². The summed E-state index contributed by atoms with van der Waals surface area (Å²) in [5.74, 6) is 1.01. The number of hydrogen-bond donors (Lipinski definition) is 1. The fourth-order valence-corrected chi connectivity index (χ4v) is 4.30. The Labute approximate surface area is 141 Å². The SMILES string of the molecule is COc1cc(C)c2c(c1)C1(CCCCC1)N(CNC(C)(C)C)C2. The van der Waals surface area contributed by atoms with E-state index in [1.54, 1.807) is 7.11 Å². The highest BCUT2D eigenvalue weighted by atomic mass is 16.5. The van der Waals surface area contributed by atoms with E-state index in [9.17, 15) is 0 Å². The number of nitrogens with one attached hydrogen (secondary N) is 1. The topological polar surface area (TPSA) is 24.5 Å². The molecule has 1 saturated carbocycles. The zero-order valence-electron chi connectivity index (χ0n) is 15.5. The van der Waals surface area contributed by atoms with E-state index in [-0.39, 0.29) is 11.1 Å². The Morgan fingerprint density at radius 1 is 1.17 bits per heavy atom. The number of hydrogen-bond acceptors (Lipinski definition) is 3. The first-order chi connectivity index (χ1) is 10.9. The normalized spacial score (nSPS) is 20.7. The van der Waals surface area contributed by atoms with Crippen molar-refractivity contribution in [1.82, 2.24) is 10.2 Å². The van der Waals surface area contributed by atoms with Gasteiger partial charge in [-0.25, -0.2) is 0 Å². The zero-order valence-corrected chi connectivity index (χ0v) is 15.5. The summed E-state index contributed by atoms with van der Waals surface area (Å²) in [6.45, 7) is 11.0. The maximum atomic E-state index is 5.57. The first kappa shape index (κ1) is 16.8. The van der Waals surface area contributed by atoms with Crippen LogP contribution < -0.4 is 10.1 Å². The molecule has 1 heterocycles. The lowest BCUT2D eigenvalue weighted by molar-refractivity contribution is 0.0460. The van der Waals surface area contributed by atoms with Crippen molar-refractivity contribution in [2.75, 3.05) is 13.8 Å². The van der Waals surface area contributed by atoms with Gasteiger partial charge in [-0.15, -0.1) is 0 Å². The summed E-state index contributed by atoms with van der Waals surface area (Å²) in [6.07, 6.45) is 6.60. The molecule has 0 bridgehead atoms. The molecule has 0 radical (unpaired) electrons. The summed E-state index contributed by atoms with van der Waals surface area (Å²) in [7, 11) is 1.78. The zero-order chi connectivity index (χ0) is 16.7. The number of rotatable bonds is 3. The van der Waals surface area contributed by atoms with Gasteiger partial charge in [0.25, 0.3) is 0 Å². The van der Waals surface area contributed by atoms with Crippen molar-refractivity contribution < 1.29 is 4.74 Å². The Kier molecular flexibility index (Phi) is 4.45. The third-order valence-electron chi connectivity index (χ3n) is 5.62. The second kappa shape index (κ2) is 6.10. The summed E-state index contributed by atoms with van der Waals surface area (Å²) < 4.78 is 5.57. The lowest BCUT2D eigenvalue weighted by Gasteiger charge is -2.43. The van der Waals surface area contributed by atoms with Crippen molar-refractivity contribution in [3.05, 3.63) is 28.8 Å². The monoisotopic (exact) mass is 316 g/mol. The maximum absolute atomic E-state index is 5.57. The van der Waals surface area contributed by atoms with E-state index in [0.29, 0.717) is 0 Å². The number of ether oxygens (including phenoxy) is 1. The van der Waals surface area contributed by atoms with Gasteiger partial charge in [0, 0.05) is 24.3 Å². The van der Waals surface area contributed by atoms with Gasteiger partial charge in [0.2, 0.25) is 0 Å². The molecule has 0 unspecified atom stereocenters. The molecule has 3 rings (SSSR count). The molecule has 2 aliphatic rings. The summed E-state index contributed by atoms with van der Waals surface area (Å²) in [5.41, 5.74) is 4.80. The molecular formula is C20H32N2O.